The molecule has 0 spiro atoms. The zero-order valence-corrected chi connectivity index (χ0v) is 32.6. The van der Waals surface area contributed by atoms with Gasteiger partial charge in [0.15, 0.2) is 0 Å². The van der Waals surface area contributed by atoms with E-state index in [2.05, 4.69) is 184 Å². The Morgan fingerprint density at radius 1 is 0.339 bits per heavy atom. The van der Waals surface area contributed by atoms with Crippen molar-refractivity contribution in [2.24, 2.45) is 0 Å². The van der Waals surface area contributed by atoms with Crippen molar-refractivity contribution in [2.75, 3.05) is 0 Å². The second-order valence-corrected chi connectivity index (χ2v) is 16.7. The first-order valence-electron chi connectivity index (χ1n) is 20.5. The molecule has 0 N–H and O–H groups in total. The van der Waals surface area contributed by atoms with Crippen LogP contribution in [0.2, 0.25) is 0 Å². The van der Waals surface area contributed by atoms with Gasteiger partial charge >= 0.3 is 0 Å². The zero-order valence-electron chi connectivity index (χ0n) is 32.6. The van der Waals surface area contributed by atoms with Crippen LogP contribution in [0, 0.1) is 0 Å². The first-order valence-corrected chi connectivity index (χ1v) is 20.5. The Hall–Kier alpha value is -7.42. The van der Waals surface area contributed by atoms with E-state index in [9.17, 15) is 0 Å². The summed E-state index contributed by atoms with van der Waals surface area (Å²) < 4.78 is 13.2. The van der Waals surface area contributed by atoms with E-state index >= 15 is 0 Å². The fourth-order valence-electron chi connectivity index (χ4n) is 10.5. The molecule has 1 aliphatic rings. The Bertz CT molecular complexity index is 3700. The molecular formula is C57H36O2. The van der Waals surface area contributed by atoms with Gasteiger partial charge in [-0.25, -0.2) is 0 Å². The van der Waals surface area contributed by atoms with Crippen molar-refractivity contribution in [3.63, 3.8) is 0 Å². The van der Waals surface area contributed by atoms with Crippen LogP contribution in [-0.4, -0.2) is 0 Å². The van der Waals surface area contributed by atoms with Crippen LogP contribution < -0.4 is 0 Å². The predicted octanol–water partition coefficient (Wildman–Crippen LogP) is 16.3. The summed E-state index contributed by atoms with van der Waals surface area (Å²) in [5.41, 5.74) is 15.9. The molecule has 2 nitrogen and oxygen atoms in total. The SMILES string of the molecule is CC1(C)c2ccc(-c3cccc4c3oc3ccc5c6ccccc6oc5c34)cc2-c2ccc(-c3c4ccccc4c(-c4cccc5ccccc45)c4ccccc34)cc21. The van der Waals surface area contributed by atoms with Crippen LogP contribution in [0.4, 0.5) is 0 Å². The molecule has 0 saturated carbocycles. The van der Waals surface area contributed by atoms with E-state index in [-0.39, 0.29) is 5.41 Å². The molecule has 0 bridgehead atoms. The van der Waals surface area contributed by atoms with Crippen LogP contribution in [0.15, 0.2) is 191 Å². The van der Waals surface area contributed by atoms with Crippen molar-refractivity contribution in [3.8, 4) is 44.5 Å². The molecule has 10 aromatic carbocycles. The van der Waals surface area contributed by atoms with Crippen LogP contribution in [-0.2, 0) is 5.41 Å². The first kappa shape index (κ1) is 32.6. The summed E-state index contributed by atoms with van der Waals surface area (Å²) in [7, 11) is 0. The van der Waals surface area contributed by atoms with Gasteiger partial charge in [0.25, 0.3) is 0 Å². The number of hydrogen-bond acceptors (Lipinski definition) is 2. The molecule has 0 atom stereocenters. The number of benzene rings is 10. The summed E-state index contributed by atoms with van der Waals surface area (Å²) in [5.74, 6) is 0. The molecule has 0 saturated heterocycles. The van der Waals surface area contributed by atoms with Crippen molar-refractivity contribution < 1.29 is 8.83 Å². The van der Waals surface area contributed by atoms with Crippen molar-refractivity contribution in [1.82, 2.24) is 0 Å². The Labute approximate surface area is 340 Å². The number of fused-ring (bicyclic) bond motifs is 13. The highest BCUT2D eigenvalue weighted by Gasteiger charge is 2.36. The minimum Gasteiger partial charge on any atom is -0.455 e. The second kappa shape index (κ2) is 11.8. The van der Waals surface area contributed by atoms with Gasteiger partial charge in [0, 0.05) is 27.1 Å². The molecule has 0 unspecified atom stereocenters. The van der Waals surface area contributed by atoms with E-state index in [0.717, 1.165) is 55.0 Å². The third-order valence-electron chi connectivity index (χ3n) is 13.3. The number of para-hydroxylation sites is 2. The Balaban J connectivity index is 0.984. The van der Waals surface area contributed by atoms with Gasteiger partial charge in [-0.05, 0) is 113 Å². The predicted molar refractivity (Wildman–Crippen MR) is 247 cm³/mol. The van der Waals surface area contributed by atoms with E-state index in [1.807, 2.05) is 12.1 Å². The van der Waals surface area contributed by atoms with Crippen LogP contribution in [0.5, 0.6) is 0 Å². The molecule has 1 aliphatic carbocycles. The normalized spacial score (nSPS) is 13.4. The highest BCUT2D eigenvalue weighted by atomic mass is 16.3. The lowest BCUT2D eigenvalue weighted by Crippen LogP contribution is -2.15. The van der Waals surface area contributed by atoms with Crippen molar-refractivity contribution in [3.05, 3.63) is 193 Å². The minimum absolute atomic E-state index is 0.189. The molecule has 0 amide bonds. The molecule has 2 heteroatoms. The van der Waals surface area contributed by atoms with Gasteiger partial charge < -0.3 is 8.83 Å². The highest BCUT2D eigenvalue weighted by Crippen LogP contribution is 2.53. The van der Waals surface area contributed by atoms with E-state index < -0.39 is 0 Å². The van der Waals surface area contributed by atoms with Gasteiger partial charge in [0.1, 0.15) is 22.3 Å². The molecule has 276 valence electrons. The molecule has 0 radical (unpaired) electrons. The molecule has 12 aromatic rings. The summed E-state index contributed by atoms with van der Waals surface area (Å²) in [4.78, 5) is 0. The van der Waals surface area contributed by atoms with E-state index in [0.29, 0.717) is 0 Å². The number of rotatable bonds is 3. The lowest BCUT2D eigenvalue weighted by Gasteiger charge is -2.23. The summed E-state index contributed by atoms with van der Waals surface area (Å²) >= 11 is 0. The third kappa shape index (κ3) is 4.46. The zero-order chi connectivity index (χ0) is 39.0. The fraction of sp³-hybridized carbons (Fsp3) is 0.0526. The molecule has 0 fully saturated rings. The van der Waals surface area contributed by atoms with Gasteiger partial charge in [0.2, 0.25) is 0 Å². The first-order chi connectivity index (χ1) is 29.0. The number of hydrogen-bond donors (Lipinski definition) is 0. The maximum Gasteiger partial charge on any atom is 0.147 e. The Morgan fingerprint density at radius 2 is 0.949 bits per heavy atom. The summed E-state index contributed by atoms with van der Waals surface area (Å²) in [5, 5.41) is 11.9. The van der Waals surface area contributed by atoms with Gasteiger partial charge in [-0.15, -0.1) is 0 Å². The topological polar surface area (TPSA) is 26.3 Å². The van der Waals surface area contributed by atoms with Crippen LogP contribution in [0.25, 0.3) is 121 Å². The molecule has 0 aliphatic heterocycles. The van der Waals surface area contributed by atoms with Gasteiger partial charge in [-0.2, -0.15) is 0 Å². The van der Waals surface area contributed by atoms with Crippen molar-refractivity contribution in [1.29, 1.82) is 0 Å². The molecule has 2 aromatic heterocycles. The lowest BCUT2D eigenvalue weighted by molar-refractivity contribution is 0.660. The summed E-state index contributed by atoms with van der Waals surface area (Å²) in [6.45, 7) is 4.75. The van der Waals surface area contributed by atoms with Crippen LogP contribution >= 0.6 is 0 Å². The Morgan fingerprint density at radius 3 is 1.75 bits per heavy atom. The third-order valence-corrected chi connectivity index (χ3v) is 13.3. The Kier molecular flexibility index (Phi) is 6.54. The molecule has 2 heterocycles. The quantitative estimate of drug-likeness (QED) is 0.168. The van der Waals surface area contributed by atoms with Gasteiger partial charge in [-0.1, -0.05) is 166 Å². The number of furan rings is 2. The maximum absolute atomic E-state index is 6.70. The maximum atomic E-state index is 6.70. The monoisotopic (exact) mass is 752 g/mol. The van der Waals surface area contributed by atoms with Gasteiger partial charge in [0.05, 0.1) is 5.39 Å². The van der Waals surface area contributed by atoms with E-state index in [1.165, 1.54) is 76.8 Å². The van der Waals surface area contributed by atoms with Gasteiger partial charge in [-0.3, -0.25) is 0 Å². The molecular weight excluding hydrogens is 717 g/mol. The standard InChI is InChI=1S/C57H36O2/c1-57(2)48-29-26-34(37-21-12-23-46-54-51(59-55(37)46)30-28-45-39-16-9-10-24-50(39)58-56(45)54)31-47(48)38-27-25-35(32-49(38)57)52-41-17-5-7-19-43(41)53(44-20-8-6-18-42(44)52)40-22-11-14-33-13-3-4-15-36(33)40/h3-32H,1-2H3. The summed E-state index contributed by atoms with van der Waals surface area (Å²) in [6.07, 6.45) is 0. The van der Waals surface area contributed by atoms with Crippen molar-refractivity contribution >= 4 is 76.2 Å². The van der Waals surface area contributed by atoms with Crippen molar-refractivity contribution in [2.45, 2.75) is 19.3 Å². The summed E-state index contributed by atoms with van der Waals surface area (Å²) in [6, 6.07) is 66.5. The molecule has 59 heavy (non-hydrogen) atoms. The fourth-order valence-corrected chi connectivity index (χ4v) is 10.5. The lowest BCUT2D eigenvalue weighted by atomic mass is 9.80. The highest BCUT2D eigenvalue weighted by molar-refractivity contribution is 6.25. The van der Waals surface area contributed by atoms with E-state index in [1.54, 1.807) is 0 Å². The average Bonchev–Trinajstić information content (AvgIpc) is 3.92. The smallest absolute Gasteiger partial charge is 0.147 e. The molecule has 13 rings (SSSR count). The largest absolute Gasteiger partial charge is 0.455 e. The second-order valence-electron chi connectivity index (χ2n) is 16.7. The van der Waals surface area contributed by atoms with E-state index in [4.69, 9.17) is 8.83 Å². The average molecular weight is 753 g/mol. The van der Waals surface area contributed by atoms with Crippen LogP contribution in [0.1, 0.15) is 25.0 Å². The minimum atomic E-state index is -0.189. The van der Waals surface area contributed by atoms with Crippen LogP contribution in [0.3, 0.4) is 0 Å².